The highest BCUT2D eigenvalue weighted by molar-refractivity contribution is 4.92. The van der Waals surface area contributed by atoms with Gasteiger partial charge in [-0.25, -0.2) is 0 Å². The number of aliphatic hydroxyl groups excluding tert-OH is 1. The molecule has 2 fully saturated rings. The van der Waals surface area contributed by atoms with Gasteiger partial charge in [0.25, 0.3) is 0 Å². The molecule has 0 bridgehead atoms. The Labute approximate surface area is 91.8 Å². The van der Waals surface area contributed by atoms with Crippen LogP contribution < -0.4 is 0 Å². The van der Waals surface area contributed by atoms with Crippen LogP contribution in [-0.2, 0) is 9.47 Å². The molecule has 1 N–H and O–H groups in total. The highest BCUT2D eigenvalue weighted by Gasteiger charge is 2.43. The van der Waals surface area contributed by atoms with Crippen LogP contribution in [0.1, 0.15) is 39.5 Å². The quantitative estimate of drug-likeness (QED) is 0.777. The van der Waals surface area contributed by atoms with Gasteiger partial charge in [-0.15, -0.1) is 0 Å². The number of rotatable bonds is 3. The second-order valence-corrected chi connectivity index (χ2v) is 5.13. The third kappa shape index (κ3) is 2.19. The van der Waals surface area contributed by atoms with Crippen LogP contribution in [-0.4, -0.2) is 36.6 Å². The lowest BCUT2D eigenvalue weighted by atomic mass is 9.77. The zero-order chi connectivity index (χ0) is 10.9. The normalized spacial score (nSPS) is 46.2. The maximum atomic E-state index is 9.58. The molecule has 2 saturated heterocycles. The lowest BCUT2D eigenvalue weighted by molar-refractivity contribution is -0.0278. The van der Waals surface area contributed by atoms with Gasteiger partial charge in [0.05, 0.1) is 24.9 Å². The van der Waals surface area contributed by atoms with E-state index in [9.17, 15) is 5.11 Å². The first kappa shape index (κ1) is 11.4. The summed E-state index contributed by atoms with van der Waals surface area (Å²) in [5.41, 5.74) is -0.0469. The summed E-state index contributed by atoms with van der Waals surface area (Å²) in [6.45, 7) is 5.20. The first-order chi connectivity index (χ1) is 7.16. The Bertz CT molecular complexity index is 219. The van der Waals surface area contributed by atoms with E-state index in [2.05, 4.69) is 13.8 Å². The van der Waals surface area contributed by atoms with Gasteiger partial charge < -0.3 is 14.6 Å². The van der Waals surface area contributed by atoms with E-state index in [0.717, 1.165) is 32.3 Å². The van der Waals surface area contributed by atoms with Gasteiger partial charge in [0, 0.05) is 12.0 Å². The van der Waals surface area contributed by atoms with Crippen LogP contribution >= 0.6 is 0 Å². The predicted octanol–water partition coefficient (Wildman–Crippen LogP) is 1.73. The Hall–Kier alpha value is -0.120. The van der Waals surface area contributed by atoms with E-state index in [4.69, 9.17) is 9.47 Å². The van der Waals surface area contributed by atoms with Crippen LogP contribution in [0.15, 0.2) is 0 Å². The largest absolute Gasteiger partial charge is 0.396 e. The Morgan fingerprint density at radius 1 is 1.33 bits per heavy atom. The van der Waals surface area contributed by atoms with E-state index in [1.807, 2.05) is 0 Å². The van der Waals surface area contributed by atoms with Crippen molar-refractivity contribution < 1.29 is 14.6 Å². The molecule has 3 heteroatoms. The highest BCUT2D eigenvalue weighted by atomic mass is 16.5. The average Bonchev–Trinajstić information content (AvgIpc) is 2.76. The predicted molar refractivity (Wildman–Crippen MR) is 57.7 cm³/mol. The van der Waals surface area contributed by atoms with Crippen LogP contribution in [0.4, 0.5) is 0 Å². The molecule has 0 saturated carbocycles. The van der Waals surface area contributed by atoms with Crippen LogP contribution in [0.25, 0.3) is 0 Å². The molecule has 3 nitrogen and oxygen atoms in total. The van der Waals surface area contributed by atoms with Crippen LogP contribution in [0.5, 0.6) is 0 Å². The molecular formula is C12H22O3. The minimum Gasteiger partial charge on any atom is -0.396 e. The van der Waals surface area contributed by atoms with Crippen molar-refractivity contribution in [3.05, 3.63) is 0 Å². The van der Waals surface area contributed by atoms with Gasteiger partial charge in [-0.2, -0.15) is 0 Å². The molecule has 0 aromatic heterocycles. The summed E-state index contributed by atoms with van der Waals surface area (Å²) < 4.78 is 11.4. The fraction of sp³-hybridized carbons (Fsp3) is 1.00. The lowest BCUT2D eigenvalue weighted by Crippen LogP contribution is -2.36. The minimum atomic E-state index is -0.0469. The summed E-state index contributed by atoms with van der Waals surface area (Å²) in [7, 11) is 0. The average molecular weight is 214 g/mol. The summed E-state index contributed by atoms with van der Waals surface area (Å²) in [6.07, 6.45) is 5.10. The molecular weight excluding hydrogens is 192 g/mol. The first-order valence-electron chi connectivity index (χ1n) is 6.04. The number of ether oxygens (including phenoxy) is 2. The van der Waals surface area contributed by atoms with Crippen LogP contribution in [0.2, 0.25) is 0 Å². The number of aliphatic hydroxyl groups is 1. The Morgan fingerprint density at radius 2 is 2.13 bits per heavy atom. The van der Waals surface area contributed by atoms with Crippen molar-refractivity contribution in [2.75, 3.05) is 13.2 Å². The van der Waals surface area contributed by atoms with Gasteiger partial charge in [-0.1, -0.05) is 0 Å². The van der Waals surface area contributed by atoms with Crippen molar-refractivity contribution in [2.45, 2.75) is 57.8 Å². The molecule has 2 rings (SSSR count). The van der Waals surface area contributed by atoms with Crippen LogP contribution in [0, 0.1) is 5.41 Å². The summed E-state index contributed by atoms with van der Waals surface area (Å²) in [4.78, 5) is 0. The van der Waals surface area contributed by atoms with E-state index < -0.39 is 0 Å². The minimum absolute atomic E-state index is 0.0469. The van der Waals surface area contributed by atoms with E-state index >= 15 is 0 Å². The Kier molecular flexibility index (Phi) is 3.33. The summed E-state index contributed by atoms with van der Waals surface area (Å²) in [6, 6.07) is 0. The molecule has 0 aliphatic carbocycles. The van der Waals surface area contributed by atoms with Crippen LogP contribution in [0.3, 0.4) is 0 Å². The van der Waals surface area contributed by atoms with E-state index in [1.54, 1.807) is 0 Å². The molecule has 0 aromatic carbocycles. The molecule has 2 heterocycles. The molecule has 0 amide bonds. The van der Waals surface area contributed by atoms with E-state index in [0.29, 0.717) is 12.2 Å². The zero-order valence-electron chi connectivity index (χ0n) is 9.74. The van der Waals surface area contributed by atoms with Gasteiger partial charge in [0.1, 0.15) is 0 Å². The summed E-state index contributed by atoms with van der Waals surface area (Å²) in [5, 5.41) is 9.58. The van der Waals surface area contributed by atoms with Crippen molar-refractivity contribution in [2.24, 2.45) is 5.41 Å². The second-order valence-electron chi connectivity index (χ2n) is 5.13. The zero-order valence-corrected chi connectivity index (χ0v) is 9.74. The molecule has 4 atom stereocenters. The molecule has 2 aliphatic heterocycles. The Morgan fingerprint density at radius 3 is 2.60 bits per heavy atom. The molecule has 0 spiro atoms. The van der Waals surface area contributed by atoms with Gasteiger partial charge in [-0.05, 0) is 39.5 Å². The standard InChI is InChI=1S/C12H22O3/c1-9-3-4-11(15-9)7-12(8-13)5-6-14-10(12)2/h9-11,13H,3-8H2,1-2H3. The lowest BCUT2D eigenvalue weighted by Gasteiger charge is -2.32. The van der Waals surface area contributed by atoms with Crippen molar-refractivity contribution >= 4 is 0 Å². The SMILES string of the molecule is CC1CCC(CC2(CO)CCOC2C)O1. The third-order valence-corrected chi connectivity index (χ3v) is 4.10. The van der Waals surface area contributed by atoms with Crippen molar-refractivity contribution in [1.82, 2.24) is 0 Å². The maximum absolute atomic E-state index is 9.58. The smallest absolute Gasteiger partial charge is 0.0626 e. The molecule has 0 aromatic rings. The highest BCUT2D eigenvalue weighted by Crippen LogP contribution is 2.41. The summed E-state index contributed by atoms with van der Waals surface area (Å²) >= 11 is 0. The van der Waals surface area contributed by atoms with Gasteiger partial charge in [0.2, 0.25) is 0 Å². The molecule has 4 unspecified atom stereocenters. The second kappa shape index (κ2) is 4.40. The monoisotopic (exact) mass is 214 g/mol. The van der Waals surface area contributed by atoms with Gasteiger partial charge in [0.15, 0.2) is 0 Å². The molecule has 2 aliphatic rings. The van der Waals surface area contributed by atoms with Crippen molar-refractivity contribution in [3.63, 3.8) is 0 Å². The summed E-state index contributed by atoms with van der Waals surface area (Å²) in [5.74, 6) is 0. The number of hydrogen-bond acceptors (Lipinski definition) is 3. The van der Waals surface area contributed by atoms with E-state index in [1.165, 1.54) is 0 Å². The topological polar surface area (TPSA) is 38.7 Å². The fourth-order valence-electron chi connectivity index (χ4n) is 2.85. The van der Waals surface area contributed by atoms with Crippen molar-refractivity contribution in [3.8, 4) is 0 Å². The molecule has 15 heavy (non-hydrogen) atoms. The van der Waals surface area contributed by atoms with Gasteiger partial charge >= 0.3 is 0 Å². The Balaban J connectivity index is 1.96. The van der Waals surface area contributed by atoms with Gasteiger partial charge in [-0.3, -0.25) is 0 Å². The third-order valence-electron chi connectivity index (χ3n) is 4.10. The maximum Gasteiger partial charge on any atom is 0.0626 e. The number of hydrogen-bond donors (Lipinski definition) is 1. The van der Waals surface area contributed by atoms with E-state index in [-0.39, 0.29) is 18.1 Å². The first-order valence-corrected chi connectivity index (χ1v) is 6.04. The molecule has 0 radical (unpaired) electrons. The fourth-order valence-corrected chi connectivity index (χ4v) is 2.85. The molecule has 88 valence electrons. The van der Waals surface area contributed by atoms with Crippen molar-refractivity contribution in [1.29, 1.82) is 0 Å².